The minimum absolute atomic E-state index is 0.0437. The monoisotopic (exact) mass is 230 g/mol. The highest BCUT2D eigenvalue weighted by atomic mass is 35.5. The van der Waals surface area contributed by atoms with Crippen LogP contribution in [0.2, 0.25) is 5.02 Å². The average Bonchev–Trinajstić information content (AvgIpc) is 2.19. The summed E-state index contributed by atoms with van der Waals surface area (Å²) in [6.45, 7) is 2.78. The van der Waals surface area contributed by atoms with Gasteiger partial charge in [0.25, 0.3) is 0 Å². The van der Waals surface area contributed by atoms with E-state index in [4.69, 9.17) is 27.9 Å². The molecule has 1 nitrogen and oxygen atoms in total. The summed E-state index contributed by atoms with van der Waals surface area (Å²) in [7, 11) is 0. The summed E-state index contributed by atoms with van der Waals surface area (Å²) in [5.74, 6) is 0.900. The predicted octanol–water partition coefficient (Wildman–Crippen LogP) is 3.96. The first-order chi connectivity index (χ1) is 6.72. The van der Waals surface area contributed by atoms with Crippen molar-refractivity contribution < 1.29 is 4.74 Å². The predicted molar refractivity (Wildman–Crippen MR) is 59.5 cm³/mol. The van der Waals surface area contributed by atoms with Crippen LogP contribution in [0.3, 0.4) is 0 Å². The zero-order valence-corrected chi connectivity index (χ0v) is 9.53. The molecule has 76 valence electrons. The molecule has 1 aliphatic heterocycles. The van der Waals surface area contributed by atoms with Gasteiger partial charge in [0.1, 0.15) is 5.75 Å². The fourth-order valence-corrected chi connectivity index (χ4v) is 2.24. The summed E-state index contributed by atoms with van der Waals surface area (Å²) >= 11 is 12.3. The Balaban J connectivity index is 2.48. The van der Waals surface area contributed by atoms with Crippen LogP contribution in [0.15, 0.2) is 12.1 Å². The molecular weight excluding hydrogens is 219 g/mol. The van der Waals surface area contributed by atoms with E-state index in [1.807, 2.05) is 12.1 Å². The molecule has 0 spiro atoms. The highest BCUT2D eigenvalue weighted by Gasteiger charge is 2.20. The topological polar surface area (TPSA) is 9.23 Å². The highest BCUT2D eigenvalue weighted by molar-refractivity contribution is 6.31. The molecule has 0 N–H and O–H groups in total. The maximum atomic E-state index is 6.18. The van der Waals surface area contributed by atoms with Gasteiger partial charge in [-0.2, -0.15) is 0 Å². The Labute approximate surface area is 94.0 Å². The van der Waals surface area contributed by atoms with Gasteiger partial charge in [0.2, 0.25) is 0 Å². The Hall–Kier alpha value is -0.400. The van der Waals surface area contributed by atoms with Gasteiger partial charge in [-0.25, -0.2) is 0 Å². The summed E-state index contributed by atoms with van der Waals surface area (Å²) in [4.78, 5) is 0. The van der Waals surface area contributed by atoms with Gasteiger partial charge in [0.05, 0.1) is 12.0 Å². The first kappa shape index (κ1) is 10.1. The molecule has 0 aromatic heterocycles. The number of hydrogen-bond donors (Lipinski definition) is 0. The van der Waals surface area contributed by atoms with E-state index in [1.54, 1.807) is 0 Å². The van der Waals surface area contributed by atoms with E-state index in [1.165, 1.54) is 0 Å². The van der Waals surface area contributed by atoms with Gasteiger partial charge in [-0.1, -0.05) is 18.5 Å². The summed E-state index contributed by atoms with van der Waals surface area (Å²) in [5, 5.41) is 0.838. The fourth-order valence-electron chi connectivity index (χ4n) is 1.68. The zero-order valence-electron chi connectivity index (χ0n) is 8.02. The lowest BCUT2D eigenvalue weighted by atomic mass is 10.0. The van der Waals surface area contributed by atoms with Gasteiger partial charge in [0, 0.05) is 17.0 Å². The first-order valence-electron chi connectivity index (χ1n) is 4.81. The van der Waals surface area contributed by atoms with Crippen molar-refractivity contribution >= 4 is 23.2 Å². The minimum Gasteiger partial charge on any atom is -0.493 e. The summed E-state index contributed by atoms with van der Waals surface area (Å²) in [5.41, 5.74) is 2.15. The molecule has 1 aromatic rings. The van der Waals surface area contributed by atoms with E-state index >= 15 is 0 Å². The van der Waals surface area contributed by atoms with E-state index in [2.05, 4.69) is 6.92 Å². The van der Waals surface area contributed by atoms with Crippen LogP contribution in [0.5, 0.6) is 5.75 Å². The van der Waals surface area contributed by atoms with Gasteiger partial charge in [-0.05, 0) is 24.1 Å². The van der Waals surface area contributed by atoms with Crippen LogP contribution in [-0.4, -0.2) is 6.61 Å². The van der Waals surface area contributed by atoms with Crippen LogP contribution in [0, 0.1) is 0 Å². The van der Waals surface area contributed by atoms with Gasteiger partial charge in [-0.15, -0.1) is 11.6 Å². The van der Waals surface area contributed by atoms with Crippen molar-refractivity contribution in [1.82, 2.24) is 0 Å². The van der Waals surface area contributed by atoms with E-state index in [-0.39, 0.29) is 5.38 Å². The van der Waals surface area contributed by atoms with Crippen molar-refractivity contribution in [2.75, 3.05) is 6.61 Å². The van der Waals surface area contributed by atoms with E-state index in [0.29, 0.717) is 6.61 Å². The Kier molecular flexibility index (Phi) is 2.89. The SMILES string of the molecule is CCc1cc2c(cc1Cl)C(Cl)CCO2. The first-order valence-corrected chi connectivity index (χ1v) is 5.63. The molecule has 0 saturated heterocycles. The quantitative estimate of drug-likeness (QED) is 0.664. The molecule has 3 heteroatoms. The second-order valence-corrected chi connectivity index (χ2v) is 4.37. The lowest BCUT2D eigenvalue weighted by Gasteiger charge is -2.22. The lowest BCUT2D eigenvalue weighted by molar-refractivity contribution is 0.285. The molecule has 1 aromatic carbocycles. The lowest BCUT2D eigenvalue weighted by Crippen LogP contribution is -2.11. The van der Waals surface area contributed by atoms with Gasteiger partial charge in [-0.3, -0.25) is 0 Å². The Morgan fingerprint density at radius 2 is 2.29 bits per heavy atom. The average molecular weight is 231 g/mol. The van der Waals surface area contributed by atoms with Crippen molar-refractivity contribution in [2.45, 2.75) is 25.1 Å². The third-order valence-electron chi connectivity index (χ3n) is 2.53. The van der Waals surface area contributed by atoms with Gasteiger partial charge >= 0.3 is 0 Å². The summed E-state index contributed by atoms with van der Waals surface area (Å²) in [6, 6.07) is 3.94. The molecule has 1 aliphatic rings. The minimum atomic E-state index is 0.0437. The zero-order chi connectivity index (χ0) is 10.1. The molecule has 0 aliphatic carbocycles. The van der Waals surface area contributed by atoms with Crippen molar-refractivity contribution in [3.05, 3.63) is 28.3 Å². The third kappa shape index (κ3) is 1.71. The summed E-state index contributed by atoms with van der Waals surface area (Å²) < 4.78 is 5.55. The summed E-state index contributed by atoms with van der Waals surface area (Å²) in [6.07, 6.45) is 1.78. The largest absolute Gasteiger partial charge is 0.493 e. The van der Waals surface area contributed by atoms with Crippen LogP contribution in [0.4, 0.5) is 0 Å². The van der Waals surface area contributed by atoms with E-state index in [0.717, 1.165) is 34.7 Å². The number of fused-ring (bicyclic) bond motifs is 1. The molecule has 1 atom stereocenters. The number of halogens is 2. The van der Waals surface area contributed by atoms with Crippen molar-refractivity contribution in [2.24, 2.45) is 0 Å². The molecule has 0 amide bonds. The molecule has 14 heavy (non-hydrogen) atoms. The smallest absolute Gasteiger partial charge is 0.124 e. The van der Waals surface area contributed by atoms with Gasteiger partial charge < -0.3 is 4.74 Å². The Morgan fingerprint density at radius 1 is 1.50 bits per heavy atom. The van der Waals surface area contributed by atoms with Crippen LogP contribution in [0.1, 0.15) is 29.8 Å². The van der Waals surface area contributed by atoms with E-state index < -0.39 is 0 Å². The van der Waals surface area contributed by atoms with Crippen molar-refractivity contribution in [1.29, 1.82) is 0 Å². The number of rotatable bonds is 1. The molecule has 0 bridgehead atoms. The van der Waals surface area contributed by atoms with Gasteiger partial charge in [0.15, 0.2) is 0 Å². The number of aryl methyl sites for hydroxylation is 1. The maximum absolute atomic E-state index is 6.18. The van der Waals surface area contributed by atoms with Crippen molar-refractivity contribution in [3.8, 4) is 5.75 Å². The maximum Gasteiger partial charge on any atom is 0.124 e. The van der Waals surface area contributed by atoms with Crippen LogP contribution in [-0.2, 0) is 6.42 Å². The Morgan fingerprint density at radius 3 is 3.00 bits per heavy atom. The number of ether oxygens (including phenoxy) is 1. The van der Waals surface area contributed by atoms with Crippen LogP contribution >= 0.6 is 23.2 Å². The molecule has 0 radical (unpaired) electrons. The third-order valence-corrected chi connectivity index (χ3v) is 3.33. The second-order valence-electron chi connectivity index (χ2n) is 3.44. The van der Waals surface area contributed by atoms with Crippen LogP contribution in [0.25, 0.3) is 0 Å². The number of hydrogen-bond acceptors (Lipinski definition) is 1. The molecular formula is C11H12Cl2O. The molecule has 1 heterocycles. The molecule has 2 rings (SSSR count). The molecule has 1 unspecified atom stereocenters. The fraction of sp³-hybridized carbons (Fsp3) is 0.455. The second kappa shape index (κ2) is 4.00. The van der Waals surface area contributed by atoms with Crippen molar-refractivity contribution in [3.63, 3.8) is 0 Å². The molecule has 0 fully saturated rings. The van der Waals surface area contributed by atoms with Crippen LogP contribution < -0.4 is 4.74 Å². The highest BCUT2D eigenvalue weighted by Crippen LogP contribution is 2.39. The van der Waals surface area contributed by atoms with E-state index in [9.17, 15) is 0 Å². The number of benzene rings is 1. The molecule has 0 saturated carbocycles. The number of alkyl halides is 1. The normalized spacial score (nSPS) is 20.1. The Bertz CT molecular complexity index is 349. The standard InChI is InChI=1S/C11H12Cl2O/c1-2-7-5-11-8(6-10(7)13)9(12)3-4-14-11/h5-6,9H,2-4H2,1H3.